The molecule has 0 aliphatic heterocycles. The summed E-state index contributed by atoms with van der Waals surface area (Å²) in [7, 11) is 1.53. The molecule has 1 aromatic rings. The highest BCUT2D eigenvalue weighted by molar-refractivity contribution is 5.88. The summed E-state index contributed by atoms with van der Waals surface area (Å²) >= 11 is 0. The van der Waals surface area contributed by atoms with Gasteiger partial charge >= 0.3 is 5.97 Å². The van der Waals surface area contributed by atoms with Crippen LogP contribution in [0.25, 0.3) is 0 Å². The van der Waals surface area contributed by atoms with Crippen molar-refractivity contribution in [3.63, 3.8) is 0 Å². The number of nitrogens with zero attached hydrogens (tertiary/aromatic N) is 2. The Bertz CT molecular complexity index is 485. The minimum Gasteiger partial charge on any atom is -0.478 e. The summed E-state index contributed by atoms with van der Waals surface area (Å²) in [5.74, 6) is -1.79. The largest absolute Gasteiger partial charge is 0.478 e. The molecule has 0 spiro atoms. The van der Waals surface area contributed by atoms with Gasteiger partial charge in [-0.15, -0.1) is 0 Å². The lowest BCUT2D eigenvalue weighted by molar-refractivity contribution is 0.0696. The highest BCUT2D eigenvalue weighted by Crippen LogP contribution is 2.20. The zero-order chi connectivity index (χ0) is 14.3. The fraction of sp³-hybridized carbons (Fsp3) is 0.385. The minimum absolute atomic E-state index is 0.103. The van der Waals surface area contributed by atoms with Crippen LogP contribution in [0.15, 0.2) is 18.2 Å². The number of methoxy groups -OCH3 is 1. The number of carboxylic acid groups (broad SMARTS) is 1. The number of carbonyl (C=O) groups is 1. The highest BCUT2D eigenvalue weighted by Gasteiger charge is 2.14. The third kappa shape index (κ3) is 4.23. The topological polar surface area (TPSA) is 73.6 Å². The first kappa shape index (κ1) is 14.9. The molecule has 5 nitrogen and oxygen atoms in total. The Labute approximate surface area is 110 Å². The number of anilines is 1. The van der Waals surface area contributed by atoms with Gasteiger partial charge in [0.05, 0.1) is 30.3 Å². The third-order valence-electron chi connectivity index (χ3n) is 2.59. The number of halogens is 1. The van der Waals surface area contributed by atoms with Crippen LogP contribution in [0.2, 0.25) is 0 Å². The van der Waals surface area contributed by atoms with Crippen LogP contribution in [-0.4, -0.2) is 37.9 Å². The van der Waals surface area contributed by atoms with E-state index < -0.39 is 11.8 Å². The SMILES string of the molecule is COCCN(CCC#N)c1ccc(C(=O)O)cc1F. The van der Waals surface area contributed by atoms with E-state index in [0.717, 1.165) is 6.07 Å². The van der Waals surface area contributed by atoms with Crippen molar-refractivity contribution in [1.82, 2.24) is 0 Å². The summed E-state index contributed by atoms with van der Waals surface area (Å²) < 4.78 is 18.8. The lowest BCUT2D eigenvalue weighted by Gasteiger charge is -2.24. The van der Waals surface area contributed by atoms with Gasteiger partial charge in [-0.2, -0.15) is 5.26 Å². The van der Waals surface area contributed by atoms with Crippen molar-refractivity contribution in [2.45, 2.75) is 6.42 Å². The fourth-order valence-corrected chi connectivity index (χ4v) is 1.64. The summed E-state index contributed by atoms with van der Waals surface area (Å²) in [5, 5.41) is 17.4. The number of nitriles is 1. The molecule has 6 heteroatoms. The molecule has 0 atom stereocenters. The van der Waals surface area contributed by atoms with Gasteiger partial charge in [-0.05, 0) is 18.2 Å². The van der Waals surface area contributed by atoms with Gasteiger partial charge in [0.1, 0.15) is 5.82 Å². The second-order valence-corrected chi connectivity index (χ2v) is 3.86. The Kier molecular flexibility index (Phi) is 5.76. The third-order valence-corrected chi connectivity index (χ3v) is 2.59. The number of carboxylic acids is 1. The molecule has 0 aliphatic rings. The van der Waals surface area contributed by atoms with E-state index in [2.05, 4.69) is 0 Å². The van der Waals surface area contributed by atoms with Gasteiger partial charge in [-0.25, -0.2) is 9.18 Å². The van der Waals surface area contributed by atoms with Crippen LogP contribution in [0, 0.1) is 17.1 Å². The van der Waals surface area contributed by atoms with Crippen LogP contribution < -0.4 is 4.90 Å². The van der Waals surface area contributed by atoms with Gasteiger partial charge in [0.2, 0.25) is 0 Å². The van der Waals surface area contributed by atoms with E-state index in [-0.39, 0.29) is 17.7 Å². The van der Waals surface area contributed by atoms with E-state index in [9.17, 15) is 9.18 Å². The molecule has 0 saturated carbocycles. The molecule has 1 rings (SSSR count). The molecule has 0 fully saturated rings. The second kappa shape index (κ2) is 7.34. The summed E-state index contributed by atoms with van der Waals surface area (Å²) in [4.78, 5) is 12.4. The molecule has 0 radical (unpaired) electrons. The Morgan fingerprint density at radius 3 is 2.79 bits per heavy atom. The van der Waals surface area contributed by atoms with E-state index in [4.69, 9.17) is 15.1 Å². The molecule has 1 N–H and O–H groups in total. The summed E-state index contributed by atoms with van der Waals surface area (Å²) in [5.41, 5.74) is 0.172. The van der Waals surface area contributed by atoms with Crippen LogP contribution in [0.5, 0.6) is 0 Å². The predicted molar refractivity (Wildman–Crippen MR) is 67.7 cm³/mol. The second-order valence-electron chi connectivity index (χ2n) is 3.86. The average molecular weight is 266 g/mol. The van der Waals surface area contributed by atoms with Gasteiger partial charge in [0, 0.05) is 20.2 Å². The Balaban J connectivity index is 2.94. The summed E-state index contributed by atoms with van der Waals surface area (Å²) in [6.45, 7) is 1.19. The first-order valence-corrected chi connectivity index (χ1v) is 5.73. The number of rotatable bonds is 7. The van der Waals surface area contributed by atoms with Crippen LogP contribution in [0.3, 0.4) is 0 Å². The molecule has 0 saturated heterocycles. The van der Waals surface area contributed by atoms with Gasteiger partial charge in [-0.3, -0.25) is 0 Å². The zero-order valence-corrected chi connectivity index (χ0v) is 10.6. The molecule has 0 heterocycles. The lowest BCUT2D eigenvalue weighted by Crippen LogP contribution is -2.29. The van der Waals surface area contributed by atoms with Crippen molar-refractivity contribution in [2.24, 2.45) is 0 Å². The van der Waals surface area contributed by atoms with Crippen molar-refractivity contribution >= 4 is 11.7 Å². The Morgan fingerprint density at radius 2 is 2.26 bits per heavy atom. The maximum Gasteiger partial charge on any atom is 0.335 e. The van der Waals surface area contributed by atoms with Crippen LogP contribution in [-0.2, 0) is 4.74 Å². The number of aromatic carboxylic acids is 1. The van der Waals surface area contributed by atoms with E-state index in [1.807, 2.05) is 6.07 Å². The predicted octanol–water partition coefficient (Wildman–Crippen LogP) is 1.89. The number of ether oxygens (including phenoxy) is 1. The molecule has 0 bridgehead atoms. The fourth-order valence-electron chi connectivity index (χ4n) is 1.64. The van der Waals surface area contributed by atoms with Crippen LogP contribution in [0.4, 0.5) is 10.1 Å². The van der Waals surface area contributed by atoms with Gasteiger partial charge in [0.15, 0.2) is 0 Å². The maximum absolute atomic E-state index is 13.9. The average Bonchev–Trinajstić information content (AvgIpc) is 2.39. The van der Waals surface area contributed by atoms with Crippen molar-refractivity contribution in [3.05, 3.63) is 29.6 Å². The molecular formula is C13H15FN2O3. The van der Waals surface area contributed by atoms with E-state index in [0.29, 0.717) is 19.7 Å². The molecule has 0 aliphatic carbocycles. The van der Waals surface area contributed by atoms with Crippen molar-refractivity contribution < 1.29 is 19.0 Å². The lowest BCUT2D eigenvalue weighted by atomic mass is 10.2. The number of benzene rings is 1. The molecule has 0 unspecified atom stereocenters. The smallest absolute Gasteiger partial charge is 0.335 e. The monoisotopic (exact) mass is 266 g/mol. The molecular weight excluding hydrogens is 251 g/mol. The first-order chi connectivity index (χ1) is 9.10. The molecule has 0 amide bonds. The Hall–Kier alpha value is -2.13. The van der Waals surface area contributed by atoms with Gasteiger partial charge in [0.25, 0.3) is 0 Å². The van der Waals surface area contributed by atoms with Gasteiger partial charge < -0.3 is 14.7 Å². The zero-order valence-electron chi connectivity index (χ0n) is 10.6. The molecule has 102 valence electrons. The molecule has 19 heavy (non-hydrogen) atoms. The van der Waals surface area contributed by atoms with Gasteiger partial charge in [-0.1, -0.05) is 0 Å². The van der Waals surface area contributed by atoms with Crippen molar-refractivity contribution in [1.29, 1.82) is 5.26 Å². The molecule has 0 aromatic heterocycles. The molecule has 1 aromatic carbocycles. The quantitative estimate of drug-likeness (QED) is 0.815. The van der Waals surface area contributed by atoms with Crippen molar-refractivity contribution in [3.8, 4) is 6.07 Å². The van der Waals surface area contributed by atoms with Crippen LogP contribution in [0.1, 0.15) is 16.8 Å². The maximum atomic E-state index is 13.9. The number of hydrogen-bond donors (Lipinski definition) is 1. The highest BCUT2D eigenvalue weighted by atomic mass is 19.1. The normalized spacial score (nSPS) is 9.95. The van der Waals surface area contributed by atoms with E-state index in [1.165, 1.54) is 19.2 Å². The first-order valence-electron chi connectivity index (χ1n) is 5.73. The number of hydrogen-bond acceptors (Lipinski definition) is 4. The Morgan fingerprint density at radius 1 is 1.53 bits per heavy atom. The van der Waals surface area contributed by atoms with E-state index >= 15 is 0 Å². The van der Waals surface area contributed by atoms with Crippen LogP contribution >= 0.6 is 0 Å². The minimum atomic E-state index is -1.18. The van der Waals surface area contributed by atoms with Crippen molar-refractivity contribution in [2.75, 3.05) is 31.7 Å². The van der Waals surface area contributed by atoms with E-state index in [1.54, 1.807) is 4.90 Å². The summed E-state index contributed by atoms with van der Waals surface area (Å²) in [6, 6.07) is 5.72. The summed E-state index contributed by atoms with van der Waals surface area (Å²) in [6.07, 6.45) is 0.254. The standard InChI is InChI=1S/C13H15FN2O3/c1-19-8-7-16(6-2-5-15)12-4-3-10(13(17)18)9-11(12)14/h3-4,9H,2,6-8H2,1H3,(H,17,18).